The lowest BCUT2D eigenvalue weighted by atomic mass is 9.86. The van der Waals surface area contributed by atoms with Gasteiger partial charge in [-0.3, -0.25) is 4.79 Å². The van der Waals surface area contributed by atoms with E-state index < -0.39 is 0 Å². The molecule has 2 atom stereocenters. The van der Waals surface area contributed by atoms with Crippen molar-refractivity contribution in [1.29, 1.82) is 0 Å². The predicted molar refractivity (Wildman–Crippen MR) is 102 cm³/mol. The number of thiophene rings is 1. The molecule has 2 aromatic rings. The molecule has 5 nitrogen and oxygen atoms in total. The second kappa shape index (κ2) is 7.27. The van der Waals surface area contributed by atoms with E-state index in [1.165, 1.54) is 35.9 Å². The Morgan fingerprint density at radius 3 is 2.83 bits per heavy atom. The lowest BCUT2D eigenvalue weighted by Crippen LogP contribution is -2.41. The first kappa shape index (κ1) is 17.5. The Kier molecular flexibility index (Phi) is 5.30. The summed E-state index contributed by atoms with van der Waals surface area (Å²) >= 11 is 2.98. The number of nitrogen functional groups attached to an aromatic ring is 1. The molecule has 0 spiro atoms. The fourth-order valence-corrected chi connectivity index (χ4v) is 4.99. The van der Waals surface area contributed by atoms with Crippen LogP contribution in [0.25, 0.3) is 10.2 Å². The molecule has 7 heteroatoms. The second-order valence-electron chi connectivity index (χ2n) is 6.58. The van der Waals surface area contributed by atoms with Gasteiger partial charge in [-0.25, -0.2) is 9.97 Å². The van der Waals surface area contributed by atoms with Crippen LogP contribution in [-0.4, -0.2) is 27.7 Å². The van der Waals surface area contributed by atoms with Crippen molar-refractivity contribution >= 4 is 45.0 Å². The summed E-state index contributed by atoms with van der Waals surface area (Å²) in [5, 5.41) is 4.68. The number of anilines is 1. The summed E-state index contributed by atoms with van der Waals surface area (Å²) in [6.45, 7) is 6.32. The molecule has 24 heavy (non-hydrogen) atoms. The SMILES string of the molecule is Cc1sc2nc(SCC(=O)N[C@@H]3CCCC[C@H]3C)nc(N)c2c1C. The standard InChI is InChI=1S/C17H24N4OS2/c1-9-6-4-5-7-12(9)19-13(22)8-23-17-20-15(18)14-10(2)11(3)24-16(14)21-17/h9,12H,4-8H2,1-3H3,(H,19,22)(H2,18,20,21)/t9-,12-/m1/s1. The molecule has 0 unspecified atom stereocenters. The molecule has 1 saturated carbocycles. The van der Waals surface area contributed by atoms with E-state index in [0.29, 0.717) is 28.7 Å². The van der Waals surface area contributed by atoms with Crippen LogP contribution in [0.5, 0.6) is 0 Å². The highest BCUT2D eigenvalue weighted by Crippen LogP contribution is 2.33. The second-order valence-corrected chi connectivity index (χ2v) is 8.72. The highest BCUT2D eigenvalue weighted by atomic mass is 32.2. The van der Waals surface area contributed by atoms with E-state index in [9.17, 15) is 4.79 Å². The van der Waals surface area contributed by atoms with Crippen molar-refractivity contribution in [3.05, 3.63) is 10.4 Å². The molecular formula is C17H24N4OS2. The van der Waals surface area contributed by atoms with Crippen molar-refractivity contribution in [2.45, 2.75) is 57.7 Å². The third-order valence-corrected chi connectivity index (χ3v) is 6.77. The van der Waals surface area contributed by atoms with Crippen molar-refractivity contribution in [3.8, 4) is 0 Å². The van der Waals surface area contributed by atoms with Gasteiger partial charge >= 0.3 is 0 Å². The van der Waals surface area contributed by atoms with E-state index in [2.05, 4.69) is 29.1 Å². The number of carbonyl (C=O) groups is 1. The monoisotopic (exact) mass is 364 g/mol. The number of fused-ring (bicyclic) bond motifs is 1. The Morgan fingerprint density at radius 2 is 2.08 bits per heavy atom. The van der Waals surface area contributed by atoms with Gasteiger partial charge in [-0.1, -0.05) is 31.5 Å². The van der Waals surface area contributed by atoms with E-state index in [0.717, 1.165) is 22.2 Å². The first-order valence-electron chi connectivity index (χ1n) is 8.41. The molecule has 130 valence electrons. The lowest BCUT2D eigenvalue weighted by Gasteiger charge is -2.29. The minimum absolute atomic E-state index is 0.0551. The number of aryl methyl sites for hydroxylation is 2. The van der Waals surface area contributed by atoms with Gasteiger partial charge in [0, 0.05) is 10.9 Å². The van der Waals surface area contributed by atoms with E-state index in [4.69, 9.17) is 5.73 Å². The Morgan fingerprint density at radius 1 is 1.33 bits per heavy atom. The van der Waals surface area contributed by atoms with Crippen molar-refractivity contribution in [3.63, 3.8) is 0 Å². The molecule has 1 aliphatic carbocycles. The smallest absolute Gasteiger partial charge is 0.230 e. The molecule has 1 fully saturated rings. The molecule has 0 aromatic carbocycles. The van der Waals surface area contributed by atoms with Crippen LogP contribution < -0.4 is 11.1 Å². The predicted octanol–water partition coefficient (Wildman–Crippen LogP) is 3.68. The van der Waals surface area contributed by atoms with Crippen molar-refractivity contribution in [2.24, 2.45) is 5.92 Å². The maximum absolute atomic E-state index is 12.2. The maximum atomic E-state index is 12.2. The van der Waals surface area contributed by atoms with Gasteiger partial charge in [0.05, 0.1) is 11.1 Å². The normalized spacial score (nSPS) is 21.1. The van der Waals surface area contributed by atoms with Crippen LogP contribution in [0.1, 0.15) is 43.0 Å². The van der Waals surface area contributed by atoms with E-state index in [1.807, 2.05) is 6.92 Å². The van der Waals surface area contributed by atoms with Crippen LogP contribution in [0.2, 0.25) is 0 Å². The van der Waals surface area contributed by atoms with Crippen LogP contribution in [0.3, 0.4) is 0 Å². The number of hydrogen-bond donors (Lipinski definition) is 2. The summed E-state index contributed by atoms with van der Waals surface area (Å²) in [7, 11) is 0. The number of rotatable bonds is 4. The molecule has 0 aliphatic heterocycles. The Bertz CT molecular complexity index is 759. The maximum Gasteiger partial charge on any atom is 0.230 e. The highest BCUT2D eigenvalue weighted by molar-refractivity contribution is 7.99. The van der Waals surface area contributed by atoms with Gasteiger partial charge in [0.2, 0.25) is 5.91 Å². The van der Waals surface area contributed by atoms with Crippen LogP contribution in [-0.2, 0) is 4.79 Å². The van der Waals surface area contributed by atoms with Crippen molar-refractivity contribution in [2.75, 3.05) is 11.5 Å². The summed E-state index contributed by atoms with van der Waals surface area (Å²) in [5.74, 6) is 1.45. The van der Waals surface area contributed by atoms with Gasteiger partial charge in [0.1, 0.15) is 10.6 Å². The van der Waals surface area contributed by atoms with E-state index in [1.54, 1.807) is 11.3 Å². The van der Waals surface area contributed by atoms with E-state index >= 15 is 0 Å². The van der Waals surface area contributed by atoms with Crippen LogP contribution in [0.4, 0.5) is 5.82 Å². The Hall–Kier alpha value is -1.34. The number of nitrogens with zero attached hydrogens (tertiary/aromatic N) is 2. The van der Waals surface area contributed by atoms with Crippen molar-refractivity contribution in [1.82, 2.24) is 15.3 Å². The number of nitrogens with one attached hydrogen (secondary N) is 1. The van der Waals surface area contributed by atoms with Gasteiger partial charge in [-0.2, -0.15) is 0 Å². The zero-order chi connectivity index (χ0) is 17.3. The Labute approximate surface area is 150 Å². The summed E-state index contributed by atoms with van der Waals surface area (Å²) < 4.78 is 0. The zero-order valence-electron chi connectivity index (χ0n) is 14.4. The van der Waals surface area contributed by atoms with Crippen molar-refractivity contribution < 1.29 is 4.79 Å². The third-order valence-electron chi connectivity index (χ3n) is 4.83. The molecule has 1 amide bonds. The summed E-state index contributed by atoms with van der Waals surface area (Å²) in [5.41, 5.74) is 7.23. The molecule has 0 radical (unpaired) electrons. The van der Waals surface area contributed by atoms with Gasteiger partial charge in [0.25, 0.3) is 0 Å². The number of amides is 1. The fourth-order valence-electron chi connectivity index (χ4n) is 3.23. The molecular weight excluding hydrogens is 340 g/mol. The highest BCUT2D eigenvalue weighted by Gasteiger charge is 2.23. The summed E-state index contributed by atoms with van der Waals surface area (Å²) in [6, 6.07) is 0.308. The van der Waals surface area contributed by atoms with Gasteiger partial charge in [0.15, 0.2) is 5.16 Å². The summed E-state index contributed by atoms with van der Waals surface area (Å²) in [4.78, 5) is 23.3. The van der Waals surface area contributed by atoms with Crippen LogP contribution >= 0.6 is 23.1 Å². The largest absolute Gasteiger partial charge is 0.383 e. The molecule has 1 aliphatic rings. The summed E-state index contributed by atoms with van der Waals surface area (Å²) in [6.07, 6.45) is 4.76. The topological polar surface area (TPSA) is 80.9 Å². The average molecular weight is 365 g/mol. The van der Waals surface area contributed by atoms with Gasteiger partial charge in [-0.05, 0) is 38.2 Å². The van der Waals surface area contributed by atoms with Crippen LogP contribution in [0, 0.1) is 19.8 Å². The third kappa shape index (κ3) is 3.67. The number of hydrogen-bond acceptors (Lipinski definition) is 6. The van der Waals surface area contributed by atoms with E-state index in [-0.39, 0.29) is 5.91 Å². The number of aromatic nitrogens is 2. The minimum atomic E-state index is 0.0551. The number of thioether (sulfide) groups is 1. The van der Waals surface area contributed by atoms with Crippen LogP contribution in [0.15, 0.2) is 5.16 Å². The lowest BCUT2D eigenvalue weighted by molar-refractivity contribution is -0.119. The molecule has 0 bridgehead atoms. The number of carbonyl (C=O) groups excluding carboxylic acids is 1. The first-order valence-corrected chi connectivity index (χ1v) is 10.2. The minimum Gasteiger partial charge on any atom is -0.383 e. The van der Waals surface area contributed by atoms with Gasteiger partial charge < -0.3 is 11.1 Å². The molecule has 3 N–H and O–H groups in total. The Balaban J connectivity index is 1.64. The molecule has 0 saturated heterocycles. The molecule has 2 aromatic heterocycles. The molecule has 2 heterocycles. The fraction of sp³-hybridized carbons (Fsp3) is 0.588. The van der Waals surface area contributed by atoms with Gasteiger partial charge in [-0.15, -0.1) is 11.3 Å². The zero-order valence-corrected chi connectivity index (χ0v) is 16.0. The number of nitrogens with two attached hydrogens (primary N) is 1. The first-order chi connectivity index (χ1) is 11.5. The molecule has 3 rings (SSSR count). The average Bonchev–Trinajstić information content (AvgIpc) is 2.82. The quantitative estimate of drug-likeness (QED) is 0.639.